The standard InChI is InChI=1S/C26H19ClI2N2O4S/c1-15-6-8-16(9-7-15)14-35-24-19(28)10-17(11-20(24)29)12-22-25(33)31(26(34)36-22)13-23(32)30-21-5-3-2-4-18(21)27/h2-12H,13-14H2,1H3,(H,30,32)/b22-12+. The van der Waals surface area contributed by atoms with Crippen LogP contribution < -0.4 is 10.1 Å². The molecule has 36 heavy (non-hydrogen) atoms. The molecule has 6 nitrogen and oxygen atoms in total. The maximum absolute atomic E-state index is 12.9. The third-order valence-corrected chi connectivity index (χ3v) is 7.98. The number of hydrogen-bond donors (Lipinski definition) is 1. The van der Waals surface area contributed by atoms with E-state index in [1.54, 1.807) is 30.3 Å². The lowest BCUT2D eigenvalue weighted by atomic mass is 10.1. The summed E-state index contributed by atoms with van der Waals surface area (Å²) < 4.78 is 7.82. The summed E-state index contributed by atoms with van der Waals surface area (Å²) in [5, 5.41) is 2.50. The van der Waals surface area contributed by atoms with Crippen LogP contribution in [-0.4, -0.2) is 28.5 Å². The molecule has 0 aliphatic carbocycles. The predicted molar refractivity (Wildman–Crippen MR) is 160 cm³/mol. The molecule has 1 aliphatic rings. The number of carbonyl (C=O) groups is 3. The van der Waals surface area contributed by atoms with Gasteiger partial charge in [-0.2, -0.15) is 0 Å². The molecule has 184 valence electrons. The molecule has 3 aromatic rings. The Hall–Kier alpha value is -2.09. The Morgan fingerprint density at radius 2 is 1.75 bits per heavy atom. The van der Waals surface area contributed by atoms with Crippen LogP contribution in [0.25, 0.3) is 6.08 Å². The summed E-state index contributed by atoms with van der Waals surface area (Å²) in [7, 11) is 0. The van der Waals surface area contributed by atoms with Gasteiger partial charge in [0, 0.05) is 0 Å². The third-order valence-electron chi connectivity index (χ3n) is 5.15. The fourth-order valence-corrected chi connectivity index (χ4v) is 6.47. The van der Waals surface area contributed by atoms with Gasteiger partial charge < -0.3 is 10.1 Å². The molecule has 0 unspecified atom stereocenters. The molecule has 0 saturated carbocycles. The summed E-state index contributed by atoms with van der Waals surface area (Å²) in [6, 6.07) is 18.7. The highest BCUT2D eigenvalue weighted by molar-refractivity contribution is 14.1. The SMILES string of the molecule is Cc1ccc(COc2c(I)cc(/C=C3/SC(=O)N(CC(=O)Nc4ccccc4Cl)C3=O)cc2I)cc1. The number of rotatable bonds is 7. The Morgan fingerprint density at radius 3 is 2.42 bits per heavy atom. The number of anilines is 1. The lowest BCUT2D eigenvalue weighted by Gasteiger charge is -2.13. The summed E-state index contributed by atoms with van der Waals surface area (Å²) in [6.45, 7) is 2.09. The Morgan fingerprint density at radius 1 is 1.08 bits per heavy atom. The maximum atomic E-state index is 12.9. The zero-order chi connectivity index (χ0) is 25.8. The highest BCUT2D eigenvalue weighted by atomic mass is 127. The summed E-state index contributed by atoms with van der Waals surface area (Å²) in [5.41, 5.74) is 3.44. The van der Waals surface area contributed by atoms with Crippen LogP contribution >= 0.6 is 68.5 Å². The number of thioether (sulfide) groups is 1. The molecule has 1 heterocycles. The highest BCUT2D eigenvalue weighted by Gasteiger charge is 2.36. The Bertz CT molecular complexity index is 1360. The van der Waals surface area contributed by atoms with Gasteiger partial charge in [0.2, 0.25) is 5.91 Å². The van der Waals surface area contributed by atoms with Crippen molar-refractivity contribution in [2.24, 2.45) is 0 Å². The van der Waals surface area contributed by atoms with Crippen LogP contribution in [0.15, 0.2) is 65.6 Å². The number of nitrogens with zero attached hydrogens (tertiary/aromatic N) is 1. The molecule has 0 radical (unpaired) electrons. The quantitative estimate of drug-likeness (QED) is 0.206. The average Bonchev–Trinajstić information content (AvgIpc) is 3.08. The topological polar surface area (TPSA) is 75.7 Å². The normalized spacial score (nSPS) is 14.4. The molecule has 3 amide bonds. The van der Waals surface area contributed by atoms with Gasteiger partial charge in [-0.05, 0) is 105 Å². The number of ether oxygens (including phenoxy) is 1. The first kappa shape index (κ1) is 27.0. The van der Waals surface area contributed by atoms with Crippen LogP contribution in [0.1, 0.15) is 16.7 Å². The van der Waals surface area contributed by atoms with Crippen molar-refractivity contribution in [2.45, 2.75) is 13.5 Å². The lowest BCUT2D eigenvalue weighted by molar-refractivity contribution is -0.127. The van der Waals surface area contributed by atoms with Crippen molar-refractivity contribution in [1.82, 2.24) is 4.90 Å². The van der Waals surface area contributed by atoms with Crippen LogP contribution in [0.4, 0.5) is 10.5 Å². The van der Waals surface area contributed by atoms with Gasteiger partial charge in [-0.15, -0.1) is 0 Å². The molecular weight excluding hydrogens is 726 g/mol. The third kappa shape index (κ3) is 6.61. The fraction of sp³-hybridized carbons (Fsp3) is 0.115. The second kappa shape index (κ2) is 12.0. The van der Waals surface area contributed by atoms with E-state index in [9.17, 15) is 14.4 Å². The zero-order valence-electron chi connectivity index (χ0n) is 18.9. The largest absolute Gasteiger partial charge is 0.487 e. The van der Waals surface area contributed by atoms with Crippen LogP contribution in [0.2, 0.25) is 5.02 Å². The highest BCUT2D eigenvalue weighted by Crippen LogP contribution is 2.35. The monoisotopic (exact) mass is 744 g/mol. The second-order valence-corrected chi connectivity index (χ2v) is 11.6. The molecule has 0 bridgehead atoms. The molecule has 4 rings (SSSR count). The molecule has 1 saturated heterocycles. The maximum Gasteiger partial charge on any atom is 0.294 e. The molecule has 0 spiro atoms. The van der Waals surface area contributed by atoms with Crippen LogP contribution in [-0.2, 0) is 16.2 Å². The van der Waals surface area contributed by atoms with E-state index in [0.29, 0.717) is 17.3 Å². The number of imide groups is 1. The minimum atomic E-state index is -0.510. The van der Waals surface area contributed by atoms with E-state index in [0.717, 1.165) is 40.7 Å². The predicted octanol–water partition coefficient (Wildman–Crippen LogP) is 7.11. The van der Waals surface area contributed by atoms with Gasteiger partial charge in [0.1, 0.15) is 18.9 Å². The van der Waals surface area contributed by atoms with E-state index in [4.69, 9.17) is 16.3 Å². The minimum absolute atomic E-state index is 0.255. The molecule has 3 aromatic carbocycles. The van der Waals surface area contributed by atoms with Crippen LogP contribution in [0.3, 0.4) is 0 Å². The molecule has 10 heteroatoms. The summed E-state index contributed by atoms with van der Waals surface area (Å²) in [5.74, 6) is -0.256. The Balaban J connectivity index is 1.44. The number of amides is 3. The van der Waals surface area contributed by atoms with Crippen molar-refractivity contribution in [1.29, 1.82) is 0 Å². The number of para-hydroxylation sites is 1. The van der Waals surface area contributed by atoms with Crippen LogP contribution in [0, 0.1) is 14.1 Å². The molecule has 1 fully saturated rings. The molecule has 1 aliphatic heterocycles. The van der Waals surface area contributed by atoms with Crippen molar-refractivity contribution >= 4 is 97.4 Å². The molecule has 0 aromatic heterocycles. The molecular formula is C26H19ClI2N2O4S. The fourth-order valence-electron chi connectivity index (χ4n) is 3.32. The second-order valence-electron chi connectivity index (χ2n) is 7.88. The van der Waals surface area contributed by atoms with Crippen molar-refractivity contribution in [3.63, 3.8) is 0 Å². The van der Waals surface area contributed by atoms with Gasteiger partial charge in [0.15, 0.2) is 0 Å². The number of halogens is 3. The minimum Gasteiger partial charge on any atom is -0.487 e. The van der Waals surface area contributed by atoms with E-state index in [1.807, 2.05) is 43.3 Å². The summed E-state index contributed by atoms with van der Waals surface area (Å²) >= 11 is 11.3. The number of carbonyl (C=O) groups excluding carboxylic acids is 3. The zero-order valence-corrected chi connectivity index (χ0v) is 24.8. The van der Waals surface area contributed by atoms with Crippen molar-refractivity contribution < 1.29 is 19.1 Å². The number of benzene rings is 3. The van der Waals surface area contributed by atoms with Crippen LogP contribution in [0.5, 0.6) is 5.75 Å². The van der Waals surface area contributed by atoms with E-state index >= 15 is 0 Å². The number of nitrogens with one attached hydrogen (secondary N) is 1. The Kier molecular flexibility index (Phi) is 8.96. The van der Waals surface area contributed by atoms with Gasteiger partial charge >= 0.3 is 0 Å². The number of hydrogen-bond acceptors (Lipinski definition) is 5. The summed E-state index contributed by atoms with van der Waals surface area (Å²) in [4.78, 5) is 39.0. The first-order chi connectivity index (χ1) is 17.2. The van der Waals surface area contributed by atoms with Gasteiger partial charge in [-0.25, -0.2) is 0 Å². The van der Waals surface area contributed by atoms with Gasteiger partial charge in [-0.1, -0.05) is 53.6 Å². The van der Waals surface area contributed by atoms with Crippen molar-refractivity contribution in [3.8, 4) is 5.75 Å². The van der Waals surface area contributed by atoms with E-state index in [2.05, 4.69) is 50.5 Å². The average molecular weight is 745 g/mol. The van der Waals surface area contributed by atoms with E-state index < -0.39 is 23.6 Å². The summed E-state index contributed by atoms with van der Waals surface area (Å²) in [6.07, 6.45) is 1.66. The van der Waals surface area contributed by atoms with Gasteiger partial charge in [-0.3, -0.25) is 19.3 Å². The first-order valence-corrected chi connectivity index (χ1v) is 14.0. The molecule has 0 atom stereocenters. The smallest absolute Gasteiger partial charge is 0.294 e. The van der Waals surface area contributed by atoms with Crippen molar-refractivity contribution in [2.75, 3.05) is 11.9 Å². The number of aryl methyl sites for hydroxylation is 1. The molecule has 1 N–H and O–H groups in total. The lowest BCUT2D eigenvalue weighted by Crippen LogP contribution is -2.36. The van der Waals surface area contributed by atoms with Gasteiger partial charge in [0.25, 0.3) is 11.1 Å². The Labute approximate surface area is 245 Å². The van der Waals surface area contributed by atoms with E-state index in [1.165, 1.54) is 5.56 Å². The van der Waals surface area contributed by atoms with Gasteiger partial charge in [0.05, 0.1) is 22.8 Å². The van der Waals surface area contributed by atoms with Crippen molar-refractivity contribution in [3.05, 3.63) is 94.4 Å². The first-order valence-electron chi connectivity index (χ1n) is 10.7. The van der Waals surface area contributed by atoms with E-state index in [-0.39, 0.29) is 4.91 Å².